The number of rotatable bonds is 7. The highest BCUT2D eigenvalue weighted by molar-refractivity contribution is 5.78. The van der Waals surface area contributed by atoms with Crippen molar-refractivity contribution in [3.05, 3.63) is 59.0 Å². The van der Waals surface area contributed by atoms with E-state index in [0.717, 1.165) is 23.2 Å². The second kappa shape index (κ2) is 8.65. The van der Waals surface area contributed by atoms with Crippen LogP contribution in [-0.4, -0.2) is 46.2 Å². The van der Waals surface area contributed by atoms with Crippen LogP contribution in [0, 0.1) is 0 Å². The number of nitrogens with zero attached hydrogens (tertiary/aromatic N) is 3. The highest BCUT2D eigenvalue weighted by Crippen LogP contribution is 2.31. The summed E-state index contributed by atoms with van der Waals surface area (Å²) in [6.45, 7) is 3.90. The van der Waals surface area contributed by atoms with Crippen molar-refractivity contribution in [2.75, 3.05) is 20.2 Å². The third-order valence-corrected chi connectivity index (χ3v) is 5.39. The Hall–Kier alpha value is -3.22. The first-order valence-corrected chi connectivity index (χ1v) is 10.4. The van der Waals surface area contributed by atoms with Crippen molar-refractivity contribution in [1.29, 1.82) is 0 Å². The van der Waals surface area contributed by atoms with Crippen molar-refractivity contribution in [3.8, 4) is 11.5 Å². The Morgan fingerprint density at radius 2 is 1.67 bits per heavy atom. The smallest absolute Gasteiger partial charge is 0.329 e. The van der Waals surface area contributed by atoms with Crippen LogP contribution in [0.15, 0.2) is 53.3 Å². The van der Waals surface area contributed by atoms with Gasteiger partial charge in [-0.1, -0.05) is 31.2 Å². The Bertz CT molecular complexity index is 1100. The monoisotopic (exact) mass is 409 g/mol. The van der Waals surface area contributed by atoms with Crippen molar-refractivity contribution in [1.82, 2.24) is 14.0 Å². The fraction of sp³-hybridized carbons (Fsp3) is 0.391. The van der Waals surface area contributed by atoms with Gasteiger partial charge in [-0.25, -0.2) is 4.79 Å². The number of imidazole rings is 1. The normalized spacial score (nSPS) is 15.3. The molecular weight excluding hydrogens is 382 g/mol. The molecule has 3 aromatic rings. The molecule has 0 N–H and O–H groups in total. The van der Waals surface area contributed by atoms with E-state index in [1.807, 2.05) is 55.5 Å². The van der Waals surface area contributed by atoms with Gasteiger partial charge in [0.2, 0.25) is 5.91 Å². The highest BCUT2D eigenvalue weighted by Gasteiger charge is 2.24. The van der Waals surface area contributed by atoms with Gasteiger partial charge in [0.25, 0.3) is 0 Å². The van der Waals surface area contributed by atoms with Gasteiger partial charge in [0.05, 0.1) is 17.6 Å². The minimum atomic E-state index is -0.219. The lowest BCUT2D eigenvalue weighted by molar-refractivity contribution is -0.131. The second-order valence-electron chi connectivity index (χ2n) is 7.60. The molecule has 1 aromatic heterocycles. The molecule has 0 saturated heterocycles. The minimum absolute atomic E-state index is 0.0309. The Labute approximate surface area is 175 Å². The van der Waals surface area contributed by atoms with Crippen LogP contribution in [0.25, 0.3) is 11.0 Å². The van der Waals surface area contributed by atoms with Crippen LogP contribution in [0.4, 0.5) is 0 Å². The van der Waals surface area contributed by atoms with Crippen molar-refractivity contribution >= 4 is 16.9 Å². The van der Waals surface area contributed by atoms with Crippen molar-refractivity contribution in [2.45, 2.75) is 39.0 Å². The summed E-state index contributed by atoms with van der Waals surface area (Å²) in [5, 5.41) is 0. The van der Waals surface area contributed by atoms with Gasteiger partial charge in [0, 0.05) is 26.6 Å². The van der Waals surface area contributed by atoms with Gasteiger partial charge in [-0.3, -0.25) is 13.9 Å². The number of aromatic nitrogens is 2. The summed E-state index contributed by atoms with van der Waals surface area (Å²) in [4.78, 5) is 27.2. The van der Waals surface area contributed by atoms with E-state index in [-0.39, 0.29) is 24.1 Å². The first-order valence-electron chi connectivity index (χ1n) is 10.4. The van der Waals surface area contributed by atoms with E-state index in [1.165, 1.54) is 0 Å². The maximum Gasteiger partial charge on any atom is 0.329 e. The standard InChI is InChI=1S/C23H27N3O4/c1-3-13-25-18-8-4-5-9-19(18)26(23(25)28)14-12-22(27)24(2)15-17-16-29-20-10-6-7-11-21(20)30-17/h4-11,17H,3,12-16H2,1-2H3. The average molecular weight is 409 g/mol. The summed E-state index contributed by atoms with van der Waals surface area (Å²) in [5.41, 5.74) is 1.72. The number of hydrogen-bond acceptors (Lipinski definition) is 4. The number of para-hydroxylation sites is 4. The SMILES string of the molecule is CCCn1c(=O)n(CCC(=O)N(C)CC2COc3ccccc3O2)c2ccccc21. The predicted octanol–water partition coefficient (Wildman–Crippen LogP) is 2.90. The first-order chi connectivity index (χ1) is 14.6. The van der Waals surface area contributed by atoms with Gasteiger partial charge < -0.3 is 14.4 Å². The zero-order chi connectivity index (χ0) is 21.1. The van der Waals surface area contributed by atoms with Crippen LogP contribution in [-0.2, 0) is 17.9 Å². The third-order valence-electron chi connectivity index (χ3n) is 5.39. The number of carbonyl (C=O) groups excluding carboxylic acids is 1. The Kier molecular flexibility index (Phi) is 5.79. The first kappa shape index (κ1) is 20.1. The largest absolute Gasteiger partial charge is 0.486 e. The van der Waals surface area contributed by atoms with Crippen molar-refractivity contribution < 1.29 is 14.3 Å². The number of carbonyl (C=O) groups is 1. The van der Waals surface area contributed by atoms with Gasteiger partial charge in [-0.15, -0.1) is 0 Å². The van der Waals surface area contributed by atoms with Crippen LogP contribution in [0.2, 0.25) is 0 Å². The number of benzene rings is 2. The third kappa shape index (κ3) is 3.92. The second-order valence-corrected chi connectivity index (χ2v) is 7.60. The molecule has 2 aromatic carbocycles. The topological polar surface area (TPSA) is 65.7 Å². The molecule has 0 aliphatic carbocycles. The van der Waals surface area contributed by atoms with Gasteiger partial charge in [-0.05, 0) is 30.7 Å². The molecule has 0 radical (unpaired) electrons. The van der Waals surface area contributed by atoms with Gasteiger partial charge in [-0.2, -0.15) is 0 Å². The van der Waals surface area contributed by atoms with Crippen molar-refractivity contribution in [3.63, 3.8) is 0 Å². The number of hydrogen-bond donors (Lipinski definition) is 0. The van der Waals surface area contributed by atoms with E-state index in [1.54, 1.807) is 21.1 Å². The molecule has 30 heavy (non-hydrogen) atoms. The highest BCUT2D eigenvalue weighted by atomic mass is 16.6. The molecule has 4 rings (SSSR count). The molecule has 0 bridgehead atoms. The van der Waals surface area contributed by atoms with E-state index in [9.17, 15) is 9.59 Å². The molecular formula is C23H27N3O4. The van der Waals surface area contributed by atoms with E-state index in [4.69, 9.17) is 9.47 Å². The maximum absolute atomic E-state index is 12.9. The van der Waals surface area contributed by atoms with Gasteiger partial charge in [0.1, 0.15) is 6.61 Å². The zero-order valence-electron chi connectivity index (χ0n) is 17.4. The Morgan fingerprint density at radius 1 is 1.03 bits per heavy atom. The molecule has 1 unspecified atom stereocenters. The molecule has 7 nitrogen and oxygen atoms in total. The van der Waals surface area contributed by atoms with Crippen LogP contribution >= 0.6 is 0 Å². The Balaban J connectivity index is 1.40. The molecule has 0 saturated carbocycles. The molecule has 7 heteroatoms. The van der Waals surface area contributed by atoms with Crippen LogP contribution in [0.3, 0.4) is 0 Å². The molecule has 2 heterocycles. The molecule has 1 aliphatic heterocycles. The van der Waals surface area contributed by atoms with E-state index in [2.05, 4.69) is 0 Å². The summed E-state index contributed by atoms with van der Waals surface area (Å²) < 4.78 is 15.2. The minimum Gasteiger partial charge on any atom is -0.486 e. The fourth-order valence-corrected chi connectivity index (χ4v) is 3.89. The predicted molar refractivity (Wildman–Crippen MR) is 115 cm³/mol. The van der Waals surface area contributed by atoms with Crippen LogP contribution in [0.1, 0.15) is 19.8 Å². The van der Waals surface area contributed by atoms with Crippen LogP contribution in [0.5, 0.6) is 11.5 Å². The molecule has 1 atom stereocenters. The number of amides is 1. The summed E-state index contributed by atoms with van der Waals surface area (Å²) in [5.74, 6) is 1.40. The molecule has 0 fully saturated rings. The summed E-state index contributed by atoms with van der Waals surface area (Å²) in [6, 6.07) is 15.3. The van der Waals surface area contributed by atoms with Crippen molar-refractivity contribution in [2.24, 2.45) is 0 Å². The lowest BCUT2D eigenvalue weighted by Crippen LogP contribution is -2.42. The summed E-state index contributed by atoms with van der Waals surface area (Å²) in [6.07, 6.45) is 0.908. The summed E-state index contributed by atoms with van der Waals surface area (Å²) in [7, 11) is 1.76. The quantitative estimate of drug-likeness (QED) is 0.602. The number of fused-ring (bicyclic) bond motifs is 2. The van der Waals surface area contributed by atoms with E-state index < -0.39 is 0 Å². The number of likely N-dealkylation sites (N-methyl/N-ethyl adjacent to an activating group) is 1. The average Bonchev–Trinajstić information content (AvgIpc) is 3.03. The van der Waals surface area contributed by atoms with E-state index in [0.29, 0.717) is 32.0 Å². The summed E-state index contributed by atoms with van der Waals surface area (Å²) >= 11 is 0. The van der Waals surface area contributed by atoms with E-state index >= 15 is 0 Å². The molecule has 1 amide bonds. The maximum atomic E-state index is 12.9. The number of ether oxygens (including phenoxy) is 2. The van der Waals surface area contributed by atoms with Gasteiger partial charge >= 0.3 is 5.69 Å². The van der Waals surface area contributed by atoms with Gasteiger partial charge in [0.15, 0.2) is 17.6 Å². The lowest BCUT2D eigenvalue weighted by Gasteiger charge is -2.29. The fourth-order valence-electron chi connectivity index (χ4n) is 3.89. The van der Waals surface area contributed by atoms with Crippen LogP contribution < -0.4 is 15.2 Å². The molecule has 1 aliphatic rings. The number of aryl methyl sites for hydroxylation is 2. The zero-order valence-corrected chi connectivity index (χ0v) is 17.4. The molecule has 0 spiro atoms. The molecule has 158 valence electrons. The lowest BCUT2D eigenvalue weighted by atomic mass is 10.2. The Morgan fingerprint density at radius 3 is 2.37 bits per heavy atom.